The summed E-state index contributed by atoms with van der Waals surface area (Å²) in [7, 11) is 0. The van der Waals surface area contributed by atoms with Gasteiger partial charge in [0.15, 0.2) is 5.82 Å². The molecule has 1 aromatic rings. The van der Waals surface area contributed by atoms with Gasteiger partial charge in [0.25, 0.3) is 5.56 Å². The number of aromatic amines is 1. The summed E-state index contributed by atoms with van der Waals surface area (Å²) in [6.07, 6.45) is 3.20. The third-order valence-corrected chi connectivity index (χ3v) is 3.64. The molecule has 1 saturated heterocycles. The first kappa shape index (κ1) is 10.5. The first-order valence-electron chi connectivity index (χ1n) is 5.11. The second kappa shape index (κ2) is 4.26. The molecule has 0 radical (unpaired) electrons. The van der Waals surface area contributed by atoms with Crippen LogP contribution in [0, 0.1) is 0 Å². The molecule has 15 heavy (non-hydrogen) atoms. The summed E-state index contributed by atoms with van der Waals surface area (Å²) < 4.78 is 0. The van der Waals surface area contributed by atoms with Gasteiger partial charge in [-0.2, -0.15) is 11.8 Å². The van der Waals surface area contributed by atoms with Crippen LogP contribution in [0.2, 0.25) is 0 Å². The zero-order valence-electron chi connectivity index (χ0n) is 8.93. The first-order valence-corrected chi connectivity index (χ1v) is 6.05. The Morgan fingerprint density at radius 1 is 1.47 bits per heavy atom. The molecular weight excluding hydrogens is 210 g/mol. The Labute approximate surface area is 93.1 Å². The van der Waals surface area contributed by atoms with Crippen LogP contribution in [0.25, 0.3) is 0 Å². The Morgan fingerprint density at radius 3 is 2.73 bits per heavy atom. The molecular formula is C10H15N3OS. The van der Waals surface area contributed by atoms with Crippen molar-refractivity contribution in [1.82, 2.24) is 9.97 Å². The lowest BCUT2D eigenvalue weighted by Gasteiger charge is -2.34. The Balaban J connectivity index is 2.24. The van der Waals surface area contributed by atoms with Crippen molar-refractivity contribution in [2.75, 3.05) is 18.0 Å². The van der Waals surface area contributed by atoms with E-state index in [-0.39, 0.29) is 5.56 Å². The predicted octanol–water partition coefficient (Wildman–Crippen LogP) is 1.10. The molecule has 82 valence electrons. The molecule has 1 N–H and O–H groups in total. The lowest BCUT2D eigenvalue weighted by atomic mass is 10.3. The number of thioether (sulfide) groups is 1. The van der Waals surface area contributed by atoms with Crippen LogP contribution in [0.4, 0.5) is 5.82 Å². The molecule has 2 atom stereocenters. The monoisotopic (exact) mass is 225 g/mol. The van der Waals surface area contributed by atoms with Gasteiger partial charge in [-0.3, -0.25) is 4.79 Å². The highest BCUT2D eigenvalue weighted by atomic mass is 32.2. The average Bonchev–Trinajstić information content (AvgIpc) is 2.16. The van der Waals surface area contributed by atoms with Gasteiger partial charge in [-0.1, -0.05) is 13.8 Å². The van der Waals surface area contributed by atoms with Gasteiger partial charge < -0.3 is 9.88 Å². The summed E-state index contributed by atoms with van der Waals surface area (Å²) in [6, 6.07) is 0. The van der Waals surface area contributed by atoms with Crippen molar-refractivity contribution in [2.24, 2.45) is 0 Å². The van der Waals surface area contributed by atoms with Gasteiger partial charge >= 0.3 is 0 Å². The number of nitrogens with zero attached hydrogens (tertiary/aromatic N) is 2. The molecule has 0 amide bonds. The van der Waals surface area contributed by atoms with Crippen molar-refractivity contribution < 1.29 is 0 Å². The summed E-state index contributed by atoms with van der Waals surface area (Å²) in [5.74, 6) is 0.552. The van der Waals surface area contributed by atoms with E-state index in [1.54, 1.807) is 12.4 Å². The molecule has 2 heterocycles. The maximum absolute atomic E-state index is 11.6. The molecule has 0 aliphatic carbocycles. The minimum absolute atomic E-state index is 0.0937. The summed E-state index contributed by atoms with van der Waals surface area (Å²) in [6.45, 7) is 6.17. The van der Waals surface area contributed by atoms with E-state index in [2.05, 4.69) is 28.7 Å². The molecule has 4 nitrogen and oxygen atoms in total. The molecule has 1 aromatic heterocycles. The third-order valence-electron chi connectivity index (χ3n) is 2.41. The average molecular weight is 225 g/mol. The minimum atomic E-state index is -0.0937. The summed E-state index contributed by atoms with van der Waals surface area (Å²) in [4.78, 5) is 20.4. The van der Waals surface area contributed by atoms with Gasteiger partial charge in [-0.25, -0.2) is 4.98 Å². The normalized spacial score (nSPS) is 26.7. The second-order valence-electron chi connectivity index (χ2n) is 3.90. The minimum Gasteiger partial charge on any atom is -0.350 e. The molecule has 0 bridgehead atoms. The Morgan fingerprint density at radius 2 is 2.13 bits per heavy atom. The van der Waals surface area contributed by atoms with Crippen LogP contribution in [-0.2, 0) is 0 Å². The molecule has 5 heteroatoms. The van der Waals surface area contributed by atoms with Crippen LogP contribution >= 0.6 is 11.8 Å². The first-order chi connectivity index (χ1) is 7.16. The Kier molecular flexibility index (Phi) is 3.00. The van der Waals surface area contributed by atoms with E-state index in [0.717, 1.165) is 13.1 Å². The van der Waals surface area contributed by atoms with E-state index in [1.165, 1.54) is 0 Å². The Bertz CT molecular complexity index is 382. The topological polar surface area (TPSA) is 49.0 Å². The number of hydrogen-bond donors (Lipinski definition) is 1. The zero-order valence-corrected chi connectivity index (χ0v) is 9.75. The molecule has 0 spiro atoms. The van der Waals surface area contributed by atoms with Crippen LogP contribution in [0.3, 0.4) is 0 Å². The smallest absolute Gasteiger partial charge is 0.290 e. The molecule has 1 aliphatic heterocycles. The zero-order chi connectivity index (χ0) is 10.8. The van der Waals surface area contributed by atoms with Crippen molar-refractivity contribution in [2.45, 2.75) is 24.3 Å². The van der Waals surface area contributed by atoms with Crippen LogP contribution in [0.1, 0.15) is 13.8 Å². The van der Waals surface area contributed by atoms with Crippen LogP contribution < -0.4 is 10.5 Å². The number of anilines is 1. The van der Waals surface area contributed by atoms with Crippen LogP contribution in [-0.4, -0.2) is 33.6 Å². The molecule has 2 unspecified atom stereocenters. The fourth-order valence-corrected chi connectivity index (χ4v) is 3.25. The van der Waals surface area contributed by atoms with E-state index in [1.807, 2.05) is 11.8 Å². The Hall–Kier alpha value is -0.970. The van der Waals surface area contributed by atoms with Gasteiger partial charge in [0.05, 0.1) is 0 Å². The van der Waals surface area contributed by atoms with E-state index < -0.39 is 0 Å². The standard InChI is InChI=1S/C10H15N3OS/c1-7-5-13(6-8(2)15-7)9-10(14)12-4-3-11-9/h3-4,7-8H,5-6H2,1-2H3,(H,12,14). The van der Waals surface area contributed by atoms with Gasteiger partial charge in [0.2, 0.25) is 0 Å². The second-order valence-corrected chi connectivity index (χ2v) is 5.79. The number of rotatable bonds is 1. The third kappa shape index (κ3) is 2.34. The summed E-state index contributed by atoms with van der Waals surface area (Å²) in [5.41, 5.74) is -0.0937. The van der Waals surface area contributed by atoms with E-state index in [4.69, 9.17) is 0 Å². The largest absolute Gasteiger partial charge is 0.350 e. The number of H-pyrrole nitrogens is 1. The van der Waals surface area contributed by atoms with E-state index in [9.17, 15) is 4.79 Å². The van der Waals surface area contributed by atoms with Crippen molar-refractivity contribution in [3.63, 3.8) is 0 Å². The summed E-state index contributed by atoms with van der Waals surface area (Å²) >= 11 is 1.96. The highest BCUT2D eigenvalue weighted by molar-refractivity contribution is 8.00. The number of nitrogens with one attached hydrogen (secondary N) is 1. The van der Waals surface area contributed by atoms with Crippen molar-refractivity contribution in [1.29, 1.82) is 0 Å². The van der Waals surface area contributed by atoms with Gasteiger partial charge in [-0.05, 0) is 0 Å². The fourth-order valence-electron chi connectivity index (χ4n) is 1.92. The van der Waals surface area contributed by atoms with Gasteiger partial charge in [0.1, 0.15) is 0 Å². The number of hydrogen-bond acceptors (Lipinski definition) is 4. The highest BCUT2D eigenvalue weighted by Gasteiger charge is 2.24. The van der Waals surface area contributed by atoms with Crippen molar-refractivity contribution >= 4 is 17.6 Å². The molecule has 1 aliphatic rings. The van der Waals surface area contributed by atoms with Gasteiger partial charge in [-0.15, -0.1) is 0 Å². The van der Waals surface area contributed by atoms with Crippen LogP contribution in [0.5, 0.6) is 0 Å². The van der Waals surface area contributed by atoms with Crippen molar-refractivity contribution in [3.8, 4) is 0 Å². The number of aromatic nitrogens is 2. The SMILES string of the molecule is CC1CN(c2ncc[nH]c2=O)CC(C)S1. The predicted molar refractivity (Wildman–Crippen MR) is 63.6 cm³/mol. The fraction of sp³-hybridized carbons (Fsp3) is 0.600. The van der Waals surface area contributed by atoms with Gasteiger partial charge in [0, 0.05) is 36.0 Å². The maximum atomic E-state index is 11.6. The molecule has 2 rings (SSSR count). The maximum Gasteiger partial charge on any atom is 0.290 e. The molecule has 0 aromatic carbocycles. The highest BCUT2D eigenvalue weighted by Crippen LogP contribution is 2.25. The quantitative estimate of drug-likeness (QED) is 0.777. The van der Waals surface area contributed by atoms with E-state index in [0.29, 0.717) is 16.3 Å². The molecule has 1 fully saturated rings. The van der Waals surface area contributed by atoms with Crippen molar-refractivity contribution in [3.05, 3.63) is 22.7 Å². The molecule has 0 saturated carbocycles. The van der Waals surface area contributed by atoms with E-state index >= 15 is 0 Å². The summed E-state index contributed by atoms with van der Waals surface area (Å²) in [5, 5.41) is 1.10. The lowest BCUT2D eigenvalue weighted by molar-refractivity contribution is 0.713. The lowest BCUT2D eigenvalue weighted by Crippen LogP contribution is -2.43. The van der Waals surface area contributed by atoms with Crippen LogP contribution in [0.15, 0.2) is 17.2 Å².